The Morgan fingerprint density at radius 3 is 2.64 bits per heavy atom. The summed E-state index contributed by atoms with van der Waals surface area (Å²) in [4.78, 5) is 33.3. The van der Waals surface area contributed by atoms with Gasteiger partial charge in [0, 0.05) is 43.7 Å². The molecule has 2 amide bonds. The molecule has 1 unspecified atom stereocenters. The quantitative estimate of drug-likeness (QED) is 0.764. The summed E-state index contributed by atoms with van der Waals surface area (Å²) in [5.74, 6) is 0.105. The zero-order chi connectivity index (χ0) is 19.5. The van der Waals surface area contributed by atoms with Gasteiger partial charge in [-0.2, -0.15) is 0 Å². The Labute approximate surface area is 173 Å². The van der Waals surface area contributed by atoms with Crippen LogP contribution in [0.1, 0.15) is 18.5 Å². The lowest BCUT2D eigenvalue weighted by atomic mass is 10.2. The van der Waals surface area contributed by atoms with Crippen LogP contribution in [-0.4, -0.2) is 65.5 Å². The Balaban J connectivity index is 1.31. The first-order valence-electron chi connectivity index (χ1n) is 9.49. The largest absolute Gasteiger partial charge is 0.368 e. The Bertz CT molecular complexity index is 858. The van der Waals surface area contributed by atoms with Gasteiger partial charge in [0.15, 0.2) is 0 Å². The highest BCUT2D eigenvalue weighted by Crippen LogP contribution is 2.30. The van der Waals surface area contributed by atoms with Crippen LogP contribution in [0.2, 0.25) is 5.02 Å². The molecule has 0 saturated carbocycles. The van der Waals surface area contributed by atoms with E-state index in [2.05, 4.69) is 4.98 Å². The average molecular weight is 420 g/mol. The smallest absolute Gasteiger partial charge is 0.251 e. The number of hydrogen-bond donors (Lipinski definition) is 0. The minimum absolute atomic E-state index is 0.0419. The van der Waals surface area contributed by atoms with Crippen molar-refractivity contribution >= 4 is 34.8 Å². The molecule has 3 heterocycles. The summed E-state index contributed by atoms with van der Waals surface area (Å²) in [5, 5.41) is 3.38. The number of halogens is 1. The van der Waals surface area contributed by atoms with Crippen molar-refractivity contribution in [1.29, 1.82) is 0 Å². The number of hydrogen-bond acceptors (Lipinski definition) is 5. The summed E-state index contributed by atoms with van der Waals surface area (Å²) in [5.41, 5.74) is 1.64. The molecule has 2 aliphatic heterocycles. The third kappa shape index (κ3) is 4.21. The number of nitrogens with zero attached hydrogens (tertiary/aromatic N) is 3. The van der Waals surface area contributed by atoms with E-state index < -0.39 is 0 Å². The van der Waals surface area contributed by atoms with Crippen molar-refractivity contribution in [3.05, 3.63) is 40.4 Å². The lowest BCUT2D eigenvalue weighted by molar-refractivity contribution is -0.145. The van der Waals surface area contributed by atoms with Crippen molar-refractivity contribution in [2.24, 2.45) is 0 Å². The summed E-state index contributed by atoms with van der Waals surface area (Å²) in [7, 11) is 0. The fourth-order valence-electron chi connectivity index (χ4n) is 3.57. The summed E-state index contributed by atoms with van der Waals surface area (Å²) in [6.45, 7) is 2.90. The highest BCUT2D eigenvalue weighted by molar-refractivity contribution is 7.13. The number of rotatable bonds is 4. The molecule has 2 aromatic rings. The molecule has 0 N–H and O–H groups in total. The van der Waals surface area contributed by atoms with Gasteiger partial charge >= 0.3 is 0 Å². The molecule has 8 heteroatoms. The number of amides is 2. The van der Waals surface area contributed by atoms with E-state index >= 15 is 0 Å². The van der Waals surface area contributed by atoms with Crippen LogP contribution in [0.4, 0.5) is 0 Å². The van der Waals surface area contributed by atoms with Gasteiger partial charge in [-0.25, -0.2) is 4.98 Å². The van der Waals surface area contributed by atoms with Gasteiger partial charge in [0.2, 0.25) is 5.91 Å². The minimum atomic E-state index is -0.291. The molecule has 4 rings (SSSR count). The van der Waals surface area contributed by atoms with Crippen molar-refractivity contribution in [1.82, 2.24) is 14.8 Å². The van der Waals surface area contributed by atoms with Crippen LogP contribution in [0.3, 0.4) is 0 Å². The number of aromatic nitrogens is 1. The van der Waals surface area contributed by atoms with Crippen LogP contribution in [0, 0.1) is 0 Å². The average Bonchev–Trinajstić information content (AvgIpc) is 3.40. The lowest BCUT2D eigenvalue weighted by Crippen LogP contribution is -2.53. The van der Waals surface area contributed by atoms with Crippen LogP contribution >= 0.6 is 22.9 Å². The molecule has 0 radical (unpaired) electrons. The maximum atomic E-state index is 12.6. The third-order valence-electron chi connectivity index (χ3n) is 5.14. The molecule has 1 atom stereocenters. The zero-order valence-corrected chi connectivity index (χ0v) is 17.0. The number of carbonyl (C=O) groups excluding carboxylic acids is 2. The molecule has 1 aromatic heterocycles. The number of carbonyl (C=O) groups is 2. The van der Waals surface area contributed by atoms with Gasteiger partial charge in [0.05, 0.1) is 17.1 Å². The van der Waals surface area contributed by atoms with Crippen LogP contribution in [0.15, 0.2) is 29.6 Å². The Morgan fingerprint density at radius 1 is 1.18 bits per heavy atom. The highest BCUT2D eigenvalue weighted by atomic mass is 35.5. The number of benzene rings is 1. The first-order valence-corrected chi connectivity index (χ1v) is 10.7. The predicted molar refractivity (Wildman–Crippen MR) is 108 cm³/mol. The molecular weight excluding hydrogens is 398 g/mol. The van der Waals surface area contributed by atoms with E-state index in [1.165, 1.54) is 11.3 Å². The molecule has 2 saturated heterocycles. The maximum Gasteiger partial charge on any atom is 0.251 e. The van der Waals surface area contributed by atoms with E-state index in [1.54, 1.807) is 0 Å². The molecule has 28 heavy (non-hydrogen) atoms. The van der Waals surface area contributed by atoms with Crippen LogP contribution in [0.5, 0.6) is 0 Å². The predicted octanol–water partition coefficient (Wildman–Crippen LogP) is 2.86. The Hall–Kier alpha value is -1.96. The Morgan fingerprint density at radius 2 is 1.93 bits per heavy atom. The van der Waals surface area contributed by atoms with E-state index in [1.807, 2.05) is 39.4 Å². The van der Waals surface area contributed by atoms with E-state index in [4.69, 9.17) is 16.3 Å². The second-order valence-corrected chi connectivity index (χ2v) is 8.27. The highest BCUT2D eigenvalue weighted by Gasteiger charge is 2.31. The lowest BCUT2D eigenvalue weighted by Gasteiger charge is -2.35. The molecule has 6 nitrogen and oxygen atoms in total. The number of piperazine rings is 1. The van der Waals surface area contributed by atoms with Gasteiger partial charge in [-0.05, 0) is 18.9 Å². The van der Waals surface area contributed by atoms with Gasteiger partial charge < -0.3 is 14.5 Å². The zero-order valence-electron chi connectivity index (χ0n) is 15.5. The third-order valence-corrected chi connectivity index (χ3v) is 6.39. The van der Waals surface area contributed by atoms with Gasteiger partial charge in [-0.3, -0.25) is 9.59 Å². The molecule has 2 fully saturated rings. The van der Waals surface area contributed by atoms with Gasteiger partial charge in [-0.15, -0.1) is 11.3 Å². The van der Waals surface area contributed by atoms with Gasteiger partial charge in [0.25, 0.3) is 5.91 Å². The van der Waals surface area contributed by atoms with Crippen LogP contribution in [0.25, 0.3) is 10.6 Å². The van der Waals surface area contributed by atoms with Gasteiger partial charge in [0.1, 0.15) is 11.1 Å². The summed E-state index contributed by atoms with van der Waals surface area (Å²) >= 11 is 7.72. The van der Waals surface area contributed by atoms with Crippen molar-refractivity contribution in [3.63, 3.8) is 0 Å². The van der Waals surface area contributed by atoms with Crippen molar-refractivity contribution in [2.45, 2.75) is 25.4 Å². The SMILES string of the molecule is O=C(Cc1csc(-c2ccccc2Cl)n1)N1CCN(C(=O)C2CCCO2)CC1. The summed E-state index contributed by atoms with van der Waals surface area (Å²) in [6.07, 6.45) is 1.72. The van der Waals surface area contributed by atoms with Crippen molar-refractivity contribution < 1.29 is 14.3 Å². The molecule has 0 bridgehead atoms. The topological polar surface area (TPSA) is 62.7 Å². The number of thiazole rings is 1. The first kappa shape index (κ1) is 19.4. The Kier molecular flexibility index (Phi) is 5.94. The van der Waals surface area contributed by atoms with E-state index in [-0.39, 0.29) is 24.3 Å². The van der Waals surface area contributed by atoms with Crippen molar-refractivity contribution in [3.8, 4) is 10.6 Å². The van der Waals surface area contributed by atoms with Crippen LogP contribution in [-0.2, 0) is 20.7 Å². The molecular formula is C20H22ClN3O3S. The molecule has 0 spiro atoms. The first-order chi connectivity index (χ1) is 13.6. The van der Waals surface area contributed by atoms with E-state index in [9.17, 15) is 9.59 Å². The normalized spacial score (nSPS) is 19.8. The standard InChI is InChI=1S/C20H22ClN3O3S/c21-16-5-2-1-4-15(16)19-22-14(13-28-19)12-18(25)23-7-9-24(10-8-23)20(26)17-6-3-11-27-17/h1-2,4-5,13,17H,3,6-12H2. The van der Waals surface area contributed by atoms with E-state index in [0.29, 0.717) is 37.8 Å². The second kappa shape index (κ2) is 8.59. The fourth-order valence-corrected chi connectivity index (χ4v) is 4.71. The van der Waals surface area contributed by atoms with Crippen LogP contribution < -0.4 is 0 Å². The fraction of sp³-hybridized carbons (Fsp3) is 0.450. The number of ether oxygens (including phenoxy) is 1. The molecule has 1 aromatic carbocycles. The molecule has 2 aliphatic rings. The van der Waals surface area contributed by atoms with Gasteiger partial charge in [-0.1, -0.05) is 29.8 Å². The summed E-state index contributed by atoms with van der Waals surface area (Å²) in [6, 6.07) is 7.56. The minimum Gasteiger partial charge on any atom is -0.368 e. The molecule has 0 aliphatic carbocycles. The monoisotopic (exact) mass is 419 g/mol. The molecule has 148 valence electrons. The maximum absolute atomic E-state index is 12.6. The summed E-state index contributed by atoms with van der Waals surface area (Å²) < 4.78 is 5.48. The van der Waals surface area contributed by atoms with Crippen molar-refractivity contribution in [2.75, 3.05) is 32.8 Å². The van der Waals surface area contributed by atoms with E-state index in [0.717, 1.165) is 29.1 Å². The second-order valence-electron chi connectivity index (χ2n) is 7.01.